The summed E-state index contributed by atoms with van der Waals surface area (Å²) in [4.78, 5) is 13.9. The van der Waals surface area contributed by atoms with Crippen LogP contribution in [0.5, 0.6) is 0 Å². The van der Waals surface area contributed by atoms with Crippen molar-refractivity contribution in [1.29, 1.82) is 0 Å². The number of nitrogens with zero attached hydrogens (tertiary/aromatic N) is 1. The summed E-state index contributed by atoms with van der Waals surface area (Å²) in [5.41, 5.74) is 0. The number of piperidine rings is 1. The van der Waals surface area contributed by atoms with Crippen molar-refractivity contribution < 1.29 is 43.6 Å². The fourth-order valence-corrected chi connectivity index (χ4v) is 1.83. The van der Waals surface area contributed by atoms with Gasteiger partial charge in [0.25, 0.3) is 0 Å². The molecule has 2 fully saturated rings. The van der Waals surface area contributed by atoms with E-state index in [1.807, 2.05) is 12.8 Å². The Morgan fingerprint density at radius 2 is 1.50 bits per heavy atom. The summed E-state index contributed by atoms with van der Waals surface area (Å²) in [5.74, 6) is 0.475. The van der Waals surface area contributed by atoms with E-state index < -0.39 is 0 Å². The van der Waals surface area contributed by atoms with Gasteiger partial charge in [-0.3, -0.25) is 4.79 Å². The van der Waals surface area contributed by atoms with Crippen molar-refractivity contribution in [2.45, 2.75) is 18.9 Å². The zero-order valence-electron chi connectivity index (χ0n) is 12.1. The summed E-state index contributed by atoms with van der Waals surface area (Å²) in [7, 11) is 2.09. The van der Waals surface area contributed by atoms with Crippen LogP contribution in [0.25, 0.3) is 0 Å². The minimum atomic E-state index is -0.186. The average molecular weight is 389 g/mol. The van der Waals surface area contributed by atoms with Crippen LogP contribution in [-0.2, 0) is 43.6 Å². The maximum absolute atomic E-state index is 11.6. The van der Waals surface area contributed by atoms with E-state index in [2.05, 4.69) is 31.9 Å². The summed E-state index contributed by atoms with van der Waals surface area (Å²) in [6, 6.07) is 0. The topological polar surface area (TPSA) is 89.2 Å². The van der Waals surface area contributed by atoms with Gasteiger partial charge in [-0.25, -0.2) is 0 Å². The Kier molecular flexibility index (Phi) is 21.9. The number of ether oxygens (including phenoxy) is 1. The first-order valence-corrected chi connectivity index (χ1v) is 5.98. The molecule has 118 valence electrons. The maximum atomic E-state index is 11.6. The van der Waals surface area contributed by atoms with Crippen LogP contribution in [0.1, 0.15) is 12.8 Å². The number of hydrogen-bond acceptors (Lipinski definition) is 3. The fraction of sp³-hybridized carbons (Fsp3) is 0.400. The van der Waals surface area contributed by atoms with Crippen molar-refractivity contribution in [2.75, 3.05) is 20.1 Å². The molecule has 7 heteroatoms. The Balaban J connectivity index is -0.000000463. The van der Waals surface area contributed by atoms with E-state index in [9.17, 15) is 4.79 Å². The Labute approximate surface area is 145 Å². The van der Waals surface area contributed by atoms with Gasteiger partial charge in [0.15, 0.2) is 0 Å². The number of carbonyl (C=O) groups is 1. The predicted molar refractivity (Wildman–Crippen MR) is 68.8 cm³/mol. The van der Waals surface area contributed by atoms with Gasteiger partial charge < -0.3 is 9.64 Å². The predicted octanol–water partition coefficient (Wildman–Crippen LogP) is 0.914. The summed E-state index contributed by atoms with van der Waals surface area (Å²) in [5, 5.41) is 0. The molecule has 0 aromatic carbocycles. The Hall–Kier alpha value is -0.701. The zero-order valence-corrected chi connectivity index (χ0v) is 13.9. The quantitative estimate of drug-likeness (QED) is 0.400. The third-order valence-corrected chi connectivity index (χ3v) is 2.84. The van der Waals surface area contributed by atoms with Crippen molar-refractivity contribution >= 4 is 5.97 Å². The Morgan fingerprint density at radius 3 is 1.91 bits per heavy atom. The van der Waals surface area contributed by atoms with Crippen LogP contribution in [0.15, 0.2) is 0 Å². The van der Waals surface area contributed by atoms with Crippen LogP contribution in [0.4, 0.5) is 0 Å². The number of hydrogen-bond donors (Lipinski definition) is 0. The molecule has 2 aliphatic rings. The van der Waals surface area contributed by atoms with Gasteiger partial charge in [0.05, 0.1) is 5.92 Å². The zero-order chi connectivity index (χ0) is 16.7. The van der Waals surface area contributed by atoms with Crippen LogP contribution in [0.3, 0.4) is 0 Å². The molecule has 22 heavy (non-hydrogen) atoms. The summed E-state index contributed by atoms with van der Waals surface area (Å²) >= 11 is 0. The van der Waals surface area contributed by atoms with Gasteiger partial charge in [-0.15, -0.1) is 0 Å². The second kappa shape index (κ2) is 18.3. The summed E-state index contributed by atoms with van der Waals surface area (Å²) in [6.07, 6.45) is 9.28. The van der Waals surface area contributed by atoms with Crippen LogP contribution in [0, 0.1) is 51.6 Å². The van der Waals surface area contributed by atoms with Gasteiger partial charge in [0.2, 0.25) is 0 Å². The number of likely N-dealkylation sites (tertiary alicyclic amines) is 1. The van der Waals surface area contributed by atoms with Crippen molar-refractivity contribution in [1.82, 2.24) is 4.90 Å². The average Bonchev–Trinajstić information content (AvgIpc) is 3.10. The second-order valence-electron chi connectivity index (χ2n) is 4.08. The van der Waals surface area contributed by atoms with Crippen LogP contribution >= 0.6 is 0 Å². The number of rotatable bonds is 2. The minimum absolute atomic E-state index is 0. The molecule has 6 radical (unpaired) electrons. The van der Waals surface area contributed by atoms with Crippen molar-refractivity contribution in [3.8, 4) is 0 Å². The van der Waals surface area contributed by atoms with Crippen molar-refractivity contribution in [2.24, 2.45) is 0 Å². The Bertz CT molecular complexity index is 314. The van der Waals surface area contributed by atoms with E-state index in [0.717, 1.165) is 25.9 Å². The van der Waals surface area contributed by atoms with Crippen LogP contribution < -0.4 is 0 Å². The van der Waals surface area contributed by atoms with E-state index in [0.29, 0.717) is 5.92 Å². The second-order valence-corrected chi connectivity index (χ2v) is 4.08. The van der Waals surface area contributed by atoms with Crippen molar-refractivity contribution in [3.05, 3.63) is 51.6 Å². The molecule has 0 unspecified atom stereocenters. The normalized spacial score (nSPS) is 17.8. The first-order chi connectivity index (χ1) is 10.3. The van der Waals surface area contributed by atoms with Gasteiger partial charge in [-0.1, -0.05) is 0 Å². The standard InChI is InChI=1S/C12H16NO2.3CO.Tc/c1-13-8-6-11(7-9-13)15-12(14)10-4-2-3-5-10;3*1-2;/h2-5,11H,6-9H2,1H3;;;;/i;;;;1+1. The molecule has 0 spiro atoms. The van der Waals surface area contributed by atoms with Gasteiger partial charge in [0, 0.05) is 33.2 Å². The van der Waals surface area contributed by atoms with Crippen LogP contribution in [0.2, 0.25) is 0 Å². The molecule has 6 nitrogen and oxygen atoms in total. The Morgan fingerprint density at radius 1 is 1.09 bits per heavy atom. The number of esters is 1. The fourth-order valence-electron chi connectivity index (χ4n) is 1.83. The van der Waals surface area contributed by atoms with E-state index in [1.165, 1.54) is 0 Å². The molecule has 0 bridgehead atoms. The molecule has 1 saturated heterocycles. The van der Waals surface area contributed by atoms with Crippen LogP contribution in [-0.4, -0.2) is 37.1 Å². The van der Waals surface area contributed by atoms with Gasteiger partial charge in [-0.05, 0) is 45.6 Å². The molecule has 1 aliphatic heterocycles. The van der Waals surface area contributed by atoms with Gasteiger partial charge in [-0.2, -0.15) is 0 Å². The van der Waals surface area contributed by atoms with Gasteiger partial charge in [0.1, 0.15) is 6.10 Å². The van der Waals surface area contributed by atoms with Crippen molar-refractivity contribution in [3.63, 3.8) is 0 Å². The molecule has 1 saturated carbocycles. The first kappa shape index (κ1) is 26.2. The van der Waals surface area contributed by atoms with E-state index in [1.54, 1.807) is 12.8 Å². The molecule has 0 aromatic rings. The molecule has 0 N–H and O–H groups in total. The summed E-state index contributed by atoms with van der Waals surface area (Å²) < 4.78 is 27.9. The third-order valence-electron chi connectivity index (χ3n) is 2.84. The molecular formula is C15H16NO5Tc. The number of carbonyl (C=O) groups excluding carboxylic acids is 1. The molecule has 0 aromatic heterocycles. The van der Waals surface area contributed by atoms with E-state index in [-0.39, 0.29) is 32.2 Å². The monoisotopic (exact) mass is 389 g/mol. The first-order valence-electron chi connectivity index (χ1n) is 5.98. The molecule has 2 rings (SSSR count). The van der Waals surface area contributed by atoms with E-state index >= 15 is 0 Å². The molecular weight excluding hydrogens is 373 g/mol. The van der Waals surface area contributed by atoms with Gasteiger partial charge >= 0.3 is 39.9 Å². The SMILES string of the molecule is CN1CCC(OC(=O)[C]2[CH][CH][CH][CH]2)CC1.[99Tc].[C-]#[O+].[C-]#[O+].[C-]#[O+]. The third kappa shape index (κ3) is 10.9. The molecule has 1 heterocycles. The molecule has 0 amide bonds. The molecule has 1 aliphatic carbocycles. The summed E-state index contributed by atoms with van der Waals surface area (Å²) in [6.45, 7) is 15.5. The molecule has 0 atom stereocenters. The van der Waals surface area contributed by atoms with E-state index in [4.69, 9.17) is 18.7 Å².